The van der Waals surface area contributed by atoms with E-state index in [1.54, 1.807) is 36.4 Å². The van der Waals surface area contributed by atoms with Gasteiger partial charge in [-0.15, -0.1) is 0 Å². The third-order valence-corrected chi connectivity index (χ3v) is 5.54. The van der Waals surface area contributed by atoms with E-state index in [1.807, 2.05) is 13.8 Å². The molecule has 2 aromatic rings. The minimum absolute atomic E-state index is 0.00318. The second-order valence-corrected chi connectivity index (χ2v) is 7.87. The number of hydrogen-bond acceptors (Lipinski definition) is 6. The highest BCUT2D eigenvalue weighted by atomic mass is 16.3. The average molecular weight is 408 g/mol. The first kappa shape index (κ1) is 21.5. The number of hydrogen-bond donors (Lipinski definition) is 3. The second-order valence-electron chi connectivity index (χ2n) is 7.87. The SMILES string of the molecule is CC(C)=CC[C@@H](O)C1(C(=O)Cc2ccccc2)CC(=O)c2c(O)ccc(O)c2C1=O. The minimum atomic E-state index is -2.04. The first-order valence-electron chi connectivity index (χ1n) is 9.70. The van der Waals surface area contributed by atoms with Gasteiger partial charge in [0, 0.05) is 12.8 Å². The molecule has 6 nitrogen and oxygen atoms in total. The van der Waals surface area contributed by atoms with Crippen molar-refractivity contribution in [2.45, 2.75) is 39.2 Å². The van der Waals surface area contributed by atoms with Gasteiger partial charge < -0.3 is 15.3 Å². The van der Waals surface area contributed by atoms with E-state index in [0.717, 1.165) is 17.7 Å². The van der Waals surface area contributed by atoms with Crippen LogP contribution < -0.4 is 0 Å². The maximum absolute atomic E-state index is 13.6. The Morgan fingerprint density at radius 2 is 1.63 bits per heavy atom. The lowest BCUT2D eigenvalue weighted by molar-refractivity contribution is -0.131. The van der Waals surface area contributed by atoms with Crippen LogP contribution in [0.3, 0.4) is 0 Å². The molecule has 30 heavy (non-hydrogen) atoms. The van der Waals surface area contributed by atoms with Crippen LogP contribution in [0.15, 0.2) is 54.1 Å². The van der Waals surface area contributed by atoms with Crippen molar-refractivity contribution in [2.24, 2.45) is 5.41 Å². The van der Waals surface area contributed by atoms with Crippen molar-refractivity contribution in [1.29, 1.82) is 0 Å². The number of phenols is 2. The van der Waals surface area contributed by atoms with E-state index in [-0.39, 0.29) is 18.4 Å². The van der Waals surface area contributed by atoms with Crippen molar-refractivity contribution in [3.63, 3.8) is 0 Å². The second kappa shape index (κ2) is 8.24. The summed E-state index contributed by atoms with van der Waals surface area (Å²) in [7, 11) is 0. The third kappa shape index (κ3) is 3.66. The quantitative estimate of drug-likeness (QED) is 0.384. The summed E-state index contributed by atoms with van der Waals surface area (Å²) in [6.07, 6.45) is -0.496. The number of Topliss-reactive ketones (excluding diaryl/α,β-unsaturated/α-hetero) is 3. The lowest BCUT2D eigenvalue weighted by Gasteiger charge is -2.38. The zero-order valence-corrected chi connectivity index (χ0v) is 16.9. The molecule has 156 valence electrons. The summed E-state index contributed by atoms with van der Waals surface area (Å²) in [4.78, 5) is 39.9. The monoisotopic (exact) mass is 408 g/mol. The van der Waals surface area contributed by atoms with Crippen LogP contribution in [0, 0.1) is 5.41 Å². The van der Waals surface area contributed by atoms with Crippen molar-refractivity contribution in [3.05, 3.63) is 70.8 Å². The zero-order valence-electron chi connectivity index (χ0n) is 16.9. The molecule has 0 saturated heterocycles. The first-order valence-corrected chi connectivity index (χ1v) is 9.70. The molecule has 6 heteroatoms. The van der Waals surface area contributed by atoms with Crippen molar-refractivity contribution in [1.82, 2.24) is 0 Å². The number of phenolic OH excluding ortho intramolecular Hbond substituents is 2. The van der Waals surface area contributed by atoms with Crippen molar-refractivity contribution in [2.75, 3.05) is 0 Å². The van der Waals surface area contributed by atoms with Gasteiger partial charge in [0.25, 0.3) is 0 Å². The molecule has 1 aliphatic carbocycles. The van der Waals surface area contributed by atoms with Gasteiger partial charge in [0.1, 0.15) is 16.9 Å². The lowest BCUT2D eigenvalue weighted by Crippen LogP contribution is -2.53. The Morgan fingerprint density at radius 1 is 1.03 bits per heavy atom. The van der Waals surface area contributed by atoms with Crippen LogP contribution in [-0.2, 0) is 11.2 Å². The van der Waals surface area contributed by atoms with Crippen molar-refractivity contribution >= 4 is 17.3 Å². The number of benzene rings is 2. The highest BCUT2D eigenvalue weighted by molar-refractivity contribution is 6.26. The number of fused-ring (bicyclic) bond motifs is 1. The summed E-state index contributed by atoms with van der Waals surface area (Å²) in [6, 6.07) is 11.0. The molecule has 3 N–H and O–H groups in total. The standard InChI is InChI=1S/C24H24O6/c1-14(2)8-11-19(28)24(20(29)12-15-6-4-3-5-7-15)13-18(27)21-16(25)9-10-17(26)22(21)23(24)30/h3-10,19,25-26,28H,11-13H2,1-2H3/t19-,24?/m1/s1. The fraction of sp³-hybridized carbons (Fsp3) is 0.292. The Morgan fingerprint density at radius 3 is 2.23 bits per heavy atom. The fourth-order valence-electron chi connectivity index (χ4n) is 3.91. The molecular weight excluding hydrogens is 384 g/mol. The largest absolute Gasteiger partial charge is 0.507 e. The number of allylic oxidation sites excluding steroid dienone is 1. The number of aliphatic hydroxyl groups is 1. The molecule has 2 atom stereocenters. The molecule has 0 saturated carbocycles. The number of rotatable bonds is 6. The predicted molar refractivity (Wildman–Crippen MR) is 111 cm³/mol. The predicted octanol–water partition coefficient (Wildman–Crippen LogP) is 3.38. The third-order valence-electron chi connectivity index (χ3n) is 5.54. The Hall–Kier alpha value is -3.25. The molecule has 0 spiro atoms. The number of aromatic hydroxyl groups is 2. The van der Waals surface area contributed by atoms with E-state index >= 15 is 0 Å². The molecule has 3 rings (SSSR count). The van der Waals surface area contributed by atoms with Crippen molar-refractivity contribution in [3.8, 4) is 11.5 Å². The molecule has 0 amide bonds. The molecular formula is C24H24O6. The molecule has 2 aromatic carbocycles. The van der Waals surface area contributed by atoms with Crippen LogP contribution >= 0.6 is 0 Å². The smallest absolute Gasteiger partial charge is 0.184 e. The zero-order chi connectivity index (χ0) is 22.1. The number of carbonyl (C=O) groups is 3. The first-order chi connectivity index (χ1) is 14.2. The Labute approximate surface area is 174 Å². The van der Waals surface area contributed by atoms with Gasteiger partial charge in [0.2, 0.25) is 0 Å². The van der Waals surface area contributed by atoms with Gasteiger partial charge in [0.05, 0.1) is 17.2 Å². The Balaban J connectivity index is 2.15. The van der Waals surface area contributed by atoms with E-state index in [4.69, 9.17) is 0 Å². The topological polar surface area (TPSA) is 112 Å². The average Bonchev–Trinajstić information content (AvgIpc) is 2.71. The number of carbonyl (C=O) groups excluding carboxylic acids is 3. The number of aliphatic hydroxyl groups excluding tert-OH is 1. The highest BCUT2D eigenvalue weighted by Gasteiger charge is 2.56. The van der Waals surface area contributed by atoms with Gasteiger partial charge in [-0.1, -0.05) is 42.0 Å². The van der Waals surface area contributed by atoms with Crippen LogP contribution in [-0.4, -0.2) is 38.8 Å². The lowest BCUT2D eigenvalue weighted by atomic mass is 9.62. The van der Waals surface area contributed by atoms with Gasteiger partial charge in [-0.2, -0.15) is 0 Å². The molecule has 0 heterocycles. The molecule has 0 bridgehead atoms. The van der Waals surface area contributed by atoms with Crippen molar-refractivity contribution < 1.29 is 29.7 Å². The van der Waals surface area contributed by atoms with Crippen LogP contribution in [0.2, 0.25) is 0 Å². The maximum atomic E-state index is 13.6. The molecule has 0 aliphatic heterocycles. The summed E-state index contributed by atoms with van der Waals surface area (Å²) < 4.78 is 0. The summed E-state index contributed by atoms with van der Waals surface area (Å²) in [5, 5.41) is 31.4. The fourth-order valence-corrected chi connectivity index (χ4v) is 3.91. The van der Waals surface area contributed by atoms with Crippen LogP contribution in [0.25, 0.3) is 0 Å². The molecule has 0 aromatic heterocycles. The van der Waals surface area contributed by atoms with Crippen LogP contribution in [0.1, 0.15) is 53.0 Å². The van der Waals surface area contributed by atoms with Gasteiger partial charge in [0.15, 0.2) is 17.3 Å². The summed E-state index contributed by atoms with van der Waals surface area (Å²) >= 11 is 0. The van der Waals surface area contributed by atoms with E-state index in [1.165, 1.54) is 0 Å². The van der Waals surface area contributed by atoms with Gasteiger partial charge >= 0.3 is 0 Å². The number of ketones is 3. The summed E-state index contributed by atoms with van der Waals surface area (Å²) in [5.74, 6) is -3.07. The molecule has 0 fully saturated rings. The molecule has 1 unspecified atom stereocenters. The Kier molecular flexibility index (Phi) is 5.89. The van der Waals surface area contributed by atoms with E-state index < -0.39 is 52.4 Å². The maximum Gasteiger partial charge on any atom is 0.184 e. The van der Waals surface area contributed by atoms with Crippen LogP contribution in [0.4, 0.5) is 0 Å². The summed E-state index contributed by atoms with van der Waals surface area (Å²) in [5.41, 5.74) is -1.24. The summed E-state index contributed by atoms with van der Waals surface area (Å²) in [6.45, 7) is 3.64. The van der Waals surface area contributed by atoms with Gasteiger partial charge in [-0.05, 0) is 38.0 Å². The van der Waals surface area contributed by atoms with Gasteiger partial charge in [-0.25, -0.2) is 0 Å². The van der Waals surface area contributed by atoms with Gasteiger partial charge in [-0.3, -0.25) is 14.4 Å². The Bertz CT molecular complexity index is 1030. The van der Waals surface area contributed by atoms with E-state index in [2.05, 4.69) is 0 Å². The molecule has 0 radical (unpaired) electrons. The molecule has 1 aliphatic rings. The van der Waals surface area contributed by atoms with E-state index in [9.17, 15) is 29.7 Å². The normalized spacial score (nSPS) is 19.2. The minimum Gasteiger partial charge on any atom is -0.507 e. The van der Waals surface area contributed by atoms with Crippen LogP contribution in [0.5, 0.6) is 11.5 Å². The highest BCUT2D eigenvalue weighted by Crippen LogP contribution is 2.46. The van der Waals surface area contributed by atoms with E-state index in [0.29, 0.717) is 5.56 Å².